The van der Waals surface area contributed by atoms with Crippen molar-refractivity contribution in [2.75, 3.05) is 25.5 Å². The number of nitrogens with one attached hydrogen (secondary N) is 1. The fourth-order valence-corrected chi connectivity index (χ4v) is 6.25. The van der Waals surface area contributed by atoms with Crippen LogP contribution >= 0.6 is 11.6 Å². The summed E-state index contributed by atoms with van der Waals surface area (Å²) in [6.45, 7) is 26.5. The van der Waals surface area contributed by atoms with Gasteiger partial charge in [-0.25, -0.2) is 9.38 Å². The van der Waals surface area contributed by atoms with Gasteiger partial charge < -0.3 is 10.2 Å². The molecule has 1 fully saturated rings. The molecule has 0 bridgehead atoms. The number of hydrogen-bond acceptors (Lipinski definition) is 2. The van der Waals surface area contributed by atoms with Crippen molar-refractivity contribution >= 4 is 28.7 Å². The van der Waals surface area contributed by atoms with Crippen molar-refractivity contribution in [1.82, 2.24) is 4.90 Å². The molecule has 306 valence electrons. The Labute approximate surface area is 339 Å². The molecule has 3 nitrogen and oxygen atoms in total. The van der Waals surface area contributed by atoms with E-state index in [0.29, 0.717) is 16.5 Å². The molecule has 0 spiro atoms. The molecule has 0 radical (unpaired) electrons. The van der Waals surface area contributed by atoms with E-state index in [-0.39, 0.29) is 5.82 Å². The van der Waals surface area contributed by atoms with Gasteiger partial charge in [-0.3, -0.25) is 0 Å². The normalized spacial score (nSPS) is 16.4. The number of aryl methyl sites for hydroxylation is 1. The molecule has 5 heteroatoms. The minimum atomic E-state index is -0.382. The Kier molecular flexibility index (Phi) is 30.9. The highest BCUT2D eigenvalue weighted by molar-refractivity contribution is 6.30. The number of unbranched alkanes of at least 4 members (excludes halogenated alkanes) is 4. The van der Waals surface area contributed by atoms with Crippen LogP contribution in [0.4, 0.5) is 10.1 Å². The second kappa shape index (κ2) is 32.5. The number of halogens is 2. The van der Waals surface area contributed by atoms with E-state index in [4.69, 9.17) is 16.6 Å². The van der Waals surface area contributed by atoms with Crippen LogP contribution in [-0.2, 0) is 6.42 Å². The fourth-order valence-electron chi connectivity index (χ4n) is 6.03. The zero-order valence-electron chi connectivity index (χ0n) is 36.9. The van der Waals surface area contributed by atoms with Crippen molar-refractivity contribution < 1.29 is 4.39 Å². The first-order valence-electron chi connectivity index (χ1n) is 21.5. The third-order valence-corrected chi connectivity index (χ3v) is 9.61. The number of rotatable bonds is 16. The van der Waals surface area contributed by atoms with Crippen molar-refractivity contribution in [3.05, 3.63) is 93.9 Å². The van der Waals surface area contributed by atoms with Crippen LogP contribution < -0.4 is 5.32 Å². The maximum absolute atomic E-state index is 13.7. The summed E-state index contributed by atoms with van der Waals surface area (Å²) in [5, 5.41) is 3.49. The zero-order valence-corrected chi connectivity index (χ0v) is 37.6. The van der Waals surface area contributed by atoms with Crippen LogP contribution in [0.3, 0.4) is 0 Å². The van der Waals surface area contributed by atoms with E-state index >= 15 is 0 Å². The summed E-state index contributed by atoms with van der Waals surface area (Å²) in [5.74, 6) is 2.32. The molecule has 1 aliphatic carbocycles. The van der Waals surface area contributed by atoms with E-state index in [1.807, 2.05) is 13.1 Å². The van der Waals surface area contributed by atoms with E-state index in [2.05, 4.69) is 123 Å². The van der Waals surface area contributed by atoms with Crippen LogP contribution in [0.5, 0.6) is 0 Å². The molecule has 1 N–H and O–H groups in total. The van der Waals surface area contributed by atoms with Gasteiger partial charge in [-0.2, -0.15) is 0 Å². The van der Waals surface area contributed by atoms with Gasteiger partial charge in [0.15, 0.2) is 0 Å². The molecule has 2 aromatic carbocycles. The topological polar surface area (TPSA) is 27.6 Å². The number of nitrogens with zero attached hydrogens (tertiary/aromatic N) is 2. The van der Waals surface area contributed by atoms with Crippen LogP contribution in [0.15, 0.2) is 77.0 Å². The third-order valence-electron chi connectivity index (χ3n) is 9.39. The lowest BCUT2D eigenvalue weighted by Gasteiger charge is -2.22. The molecule has 0 aromatic heterocycles. The molecule has 54 heavy (non-hydrogen) atoms. The maximum atomic E-state index is 13.7. The van der Waals surface area contributed by atoms with E-state index in [1.165, 1.54) is 105 Å². The molecular weight excluding hydrogens is 685 g/mol. The first-order valence-corrected chi connectivity index (χ1v) is 21.9. The molecule has 0 aliphatic heterocycles. The fraction of sp³-hybridized carbons (Fsp3) is 0.612. The van der Waals surface area contributed by atoms with Gasteiger partial charge in [0, 0.05) is 22.5 Å². The molecule has 1 saturated carbocycles. The molecule has 0 heterocycles. The van der Waals surface area contributed by atoms with Crippen molar-refractivity contribution in [2.24, 2.45) is 16.8 Å². The molecular formula is C49H81ClFN3. The molecule has 0 unspecified atom stereocenters. The standard InChI is InChI=1S/C29H36ClFN2.C9H21N.C8H16.C3H8/c1-6-9-11-21(4)29(20-32-22(5)33-27-18-25(30)17-26(31)19-27)28(12-10-7-2)24-15-13-23(8-3)14-16-24;1-4-6-7-9-10(3)8-5-2;1-7-3-5-8(2)6-4-7;1-3-2/h11-20H,6-10H2,1-5H3,(H,32,33);4-9H2,1-3H3;7-8H,3-6H2,1-2H3;3H2,1-2H3/b21-11+,28-12-,29-20+;;;. The Bertz CT molecular complexity index is 1320. The second-order valence-corrected chi connectivity index (χ2v) is 15.7. The van der Waals surface area contributed by atoms with Crippen molar-refractivity contribution in [3.8, 4) is 0 Å². The van der Waals surface area contributed by atoms with Gasteiger partial charge in [0.25, 0.3) is 0 Å². The summed E-state index contributed by atoms with van der Waals surface area (Å²) in [5.41, 5.74) is 6.57. The monoisotopic (exact) mass is 766 g/mol. The highest BCUT2D eigenvalue weighted by Gasteiger charge is 2.13. The van der Waals surface area contributed by atoms with Crippen LogP contribution in [0.1, 0.15) is 171 Å². The first kappa shape index (κ1) is 51.3. The summed E-state index contributed by atoms with van der Waals surface area (Å²) < 4.78 is 13.7. The highest BCUT2D eigenvalue weighted by Crippen LogP contribution is 2.31. The lowest BCUT2D eigenvalue weighted by atomic mass is 9.84. The zero-order chi connectivity index (χ0) is 40.7. The largest absolute Gasteiger partial charge is 0.344 e. The number of benzene rings is 2. The minimum absolute atomic E-state index is 0.347. The van der Waals surface area contributed by atoms with E-state index in [0.717, 1.165) is 49.5 Å². The van der Waals surface area contributed by atoms with Crippen LogP contribution in [0.2, 0.25) is 5.02 Å². The number of allylic oxidation sites excluding steroid dienone is 5. The number of aliphatic imine (C=N–C) groups is 1. The van der Waals surface area contributed by atoms with Crippen molar-refractivity contribution in [2.45, 2.75) is 166 Å². The quantitative estimate of drug-likeness (QED) is 0.0797. The first-order chi connectivity index (χ1) is 25.9. The smallest absolute Gasteiger partial charge is 0.126 e. The lowest BCUT2D eigenvalue weighted by Crippen LogP contribution is -2.20. The van der Waals surface area contributed by atoms with Gasteiger partial charge in [0.05, 0.1) is 0 Å². The predicted molar refractivity (Wildman–Crippen MR) is 244 cm³/mol. The summed E-state index contributed by atoms with van der Waals surface area (Å²) in [6, 6.07) is 13.2. The predicted octanol–water partition coefficient (Wildman–Crippen LogP) is 16.2. The van der Waals surface area contributed by atoms with Gasteiger partial charge in [-0.15, -0.1) is 0 Å². The van der Waals surface area contributed by atoms with Crippen LogP contribution in [0.25, 0.3) is 5.57 Å². The van der Waals surface area contributed by atoms with Gasteiger partial charge in [0.1, 0.15) is 11.7 Å². The van der Waals surface area contributed by atoms with Crippen LogP contribution in [-0.4, -0.2) is 30.9 Å². The Morgan fingerprint density at radius 3 is 1.87 bits per heavy atom. The summed E-state index contributed by atoms with van der Waals surface area (Å²) in [6.07, 6.45) is 24.2. The third kappa shape index (κ3) is 24.7. The minimum Gasteiger partial charge on any atom is -0.344 e. The molecule has 0 amide bonds. The SMILES string of the molecule is CC1CCC(C)CC1.CCC.CCCCCN(C)CCC.CCC\C=C(C(=C/N=C(C)Nc1cc(F)cc(Cl)c1)/C(C)=C/CCC)\c1ccc(CC)cc1. The Hall–Kier alpha value is -2.69. The summed E-state index contributed by atoms with van der Waals surface area (Å²) in [4.78, 5) is 7.11. The Balaban J connectivity index is 0.00000108. The van der Waals surface area contributed by atoms with Crippen molar-refractivity contribution in [3.63, 3.8) is 0 Å². The lowest BCUT2D eigenvalue weighted by molar-refractivity contribution is 0.308. The molecule has 3 rings (SSSR count). The van der Waals surface area contributed by atoms with E-state index in [1.54, 1.807) is 6.07 Å². The van der Waals surface area contributed by atoms with Crippen LogP contribution in [0, 0.1) is 17.7 Å². The molecule has 0 atom stereocenters. The Morgan fingerprint density at radius 2 is 1.37 bits per heavy atom. The average Bonchev–Trinajstić information content (AvgIpc) is 3.14. The Morgan fingerprint density at radius 1 is 0.796 bits per heavy atom. The van der Waals surface area contributed by atoms with Gasteiger partial charge in [0.2, 0.25) is 0 Å². The van der Waals surface area contributed by atoms with E-state index in [9.17, 15) is 4.39 Å². The number of amidine groups is 1. The second-order valence-electron chi connectivity index (χ2n) is 15.3. The molecule has 1 aliphatic rings. The summed E-state index contributed by atoms with van der Waals surface area (Å²) >= 11 is 5.98. The highest BCUT2D eigenvalue weighted by atomic mass is 35.5. The average molecular weight is 767 g/mol. The molecule has 2 aromatic rings. The van der Waals surface area contributed by atoms with Gasteiger partial charge in [-0.05, 0) is 118 Å². The van der Waals surface area contributed by atoms with Gasteiger partial charge in [-0.1, -0.05) is 168 Å². The van der Waals surface area contributed by atoms with E-state index < -0.39 is 0 Å². The van der Waals surface area contributed by atoms with Gasteiger partial charge >= 0.3 is 0 Å². The maximum Gasteiger partial charge on any atom is 0.126 e. The molecule has 0 saturated heterocycles. The number of anilines is 1. The number of hydrogen-bond donors (Lipinski definition) is 1. The summed E-state index contributed by atoms with van der Waals surface area (Å²) in [7, 11) is 2.21. The van der Waals surface area contributed by atoms with Crippen molar-refractivity contribution in [1.29, 1.82) is 0 Å².